The highest BCUT2D eigenvalue weighted by Gasteiger charge is 2.11. The maximum Gasteiger partial charge on any atom is 0.191 e. The van der Waals surface area contributed by atoms with Crippen LogP contribution >= 0.6 is 12.2 Å². The summed E-state index contributed by atoms with van der Waals surface area (Å²) in [6.07, 6.45) is 1.86. The lowest BCUT2D eigenvalue weighted by Crippen LogP contribution is -2.24. The summed E-state index contributed by atoms with van der Waals surface area (Å²) >= 11 is 5.34. The third kappa shape index (κ3) is 5.15. The van der Waals surface area contributed by atoms with Gasteiger partial charge in [-0.2, -0.15) is 5.10 Å². The lowest BCUT2D eigenvalue weighted by Gasteiger charge is -2.14. The summed E-state index contributed by atoms with van der Waals surface area (Å²) < 4.78 is 5.32. The van der Waals surface area contributed by atoms with E-state index in [0.717, 1.165) is 22.6 Å². The topological polar surface area (TPSA) is 45.6 Å². The Balaban J connectivity index is 1.71. The molecule has 5 heteroatoms. The largest absolute Gasteiger partial charge is 0.495 e. The van der Waals surface area contributed by atoms with E-state index in [4.69, 9.17) is 17.0 Å². The van der Waals surface area contributed by atoms with Crippen LogP contribution in [0.1, 0.15) is 17.0 Å². The second kappa shape index (κ2) is 9.50. The van der Waals surface area contributed by atoms with Crippen LogP contribution in [0.4, 0.5) is 5.69 Å². The van der Waals surface area contributed by atoms with Crippen LogP contribution < -0.4 is 15.5 Å². The first kappa shape index (κ1) is 18.6. The van der Waals surface area contributed by atoms with Crippen molar-refractivity contribution in [2.45, 2.75) is 5.92 Å². The standard InChI is InChI=1S/C22H21N3OS/c1-26-21-15-9-8-14-20(21)24-22(27)25-23-16-19(17-10-4-2-5-11-17)18-12-6-3-7-13-18/h2-16,19H,1H3,(H2,24,25,27). The Hall–Kier alpha value is -3.18. The van der Waals surface area contributed by atoms with E-state index in [0.29, 0.717) is 5.11 Å². The zero-order valence-corrected chi connectivity index (χ0v) is 15.8. The number of ether oxygens (including phenoxy) is 1. The Morgan fingerprint density at radius 3 is 2.04 bits per heavy atom. The van der Waals surface area contributed by atoms with Gasteiger partial charge in [0.05, 0.1) is 12.8 Å². The van der Waals surface area contributed by atoms with Crippen LogP contribution in [0.3, 0.4) is 0 Å². The molecule has 0 atom stereocenters. The summed E-state index contributed by atoms with van der Waals surface area (Å²) in [5, 5.41) is 7.85. The van der Waals surface area contributed by atoms with Crippen LogP contribution in [-0.4, -0.2) is 18.4 Å². The van der Waals surface area contributed by atoms with Gasteiger partial charge < -0.3 is 10.1 Å². The van der Waals surface area contributed by atoms with Gasteiger partial charge in [0.1, 0.15) is 5.75 Å². The van der Waals surface area contributed by atoms with E-state index in [1.54, 1.807) is 7.11 Å². The molecule has 3 rings (SSSR count). The van der Waals surface area contributed by atoms with Crippen molar-refractivity contribution in [2.24, 2.45) is 5.10 Å². The van der Waals surface area contributed by atoms with Crippen LogP contribution in [-0.2, 0) is 0 Å². The molecule has 136 valence electrons. The van der Waals surface area contributed by atoms with E-state index in [1.807, 2.05) is 66.9 Å². The van der Waals surface area contributed by atoms with Gasteiger partial charge >= 0.3 is 0 Å². The summed E-state index contributed by atoms with van der Waals surface area (Å²) in [5.74, 6) is 0.756. The molecule has 4 nitrogen and oxygen atoms in total. The second-order valence-electron chi connectivity index (χ2n) is 5.84. The minimum absolute atomic E-state index is 0.0361. The van der Waals surface area contributed by atoms with Gasteiger partial charge in [0.2, 0.25) is 0 Å². The number of rotatable bonds is 6. The third-order valence-electron chi connectivity index (χ3n) is 4.06. The molecule has 0 unspecified atom stereocenters. The van der Waals surface area contributed by atoms with E-state index >= 15 is 0 Å². The summed E-state index contributed by atoms with van der Waals surface area (Å²) in [6, 6.07) is 28.1. The average Bonchev–Trinajstić information content (AvgIpc) is 2.73. The van der Waals surface area contributed by atoms with Crippen molar-refractivity contribution in [3.8, 4) is 5.75 Å². The fourth-order valence-corrected chi connectivity index (χ4v) is 2.92. The molecule has 0 radical (unpaired) electrons. The molecule has 0 amide bonds. The molecule has 0 saturated heterocycles. The van der Waals surface area contributed by atoms with E-state index in [-0.39, 0.29) is 5.92 Å². The molecule has 0 saturated carbocycles. The summed E-state index contributed by atoms with van der Waals surface area (Å²) in [7, 11) is 1.62. The number of anilines is 1. The van der Waals surface area contributed by atoms with Gasteiger partial charge in [-0.05, 0) is 35.5 Å². The molecule has 2 N–H and O–H groups in total. The number of para-hydroxylation sites is 2. The molecule has 3 aromatic carbocycles. The van der Waals surface area contributed by atoms with Gasteiger partial charge in [-0.1, -0.05) is 72.8 Å². The number of hydrazone groups is 1. The highest BCUT2D eigenvalue weighted by atomic mass is 32.1. The predicted molar refractivity (Wildman–Crippen MR) is 116 cm³/mol. The number of hydrogen-bond donors (Lipinski definition) is 2. The molecule has 0 aliphatic carbocycles. The first-order chi connectivity index (χ1) is 13.3. The monoisotopic (exact) mass is 375 g/mol. The highest BCUT2D eigenvalue weighted by Crippen LogP contribution is 2.23. The van der Waals surface area contributed by atoms with Crippen molar-refractivity contribution in [3.63, 3.8) is 0 Å². The molecule has 0 heterocycles. The Bertz CT molecular complexity index is 858. The van der Waals surface area contributed by atoms with Crippen LogP contribution in [0.2, 0.25) is 0 Å². The average molecular weight is 375 g/mol. The van der Waals surface area contributed by atoms with Crippen molar-refractivity contribution in [2.75, 3.05) is 12.4 Å². The number of nitrogens with one attached hydrogen (secondary N) is 2. The number of hydrogen-bond acceptors (Lipinski definition) is 3. The Morgan fingerprint density at radius 2 is 1.44 bits per heavy atom. The van der Waals surface area contributed by atoms with Crippen molar-refractivity contribution in [1.82, 2.24) is 5.43 Å². The number of thiocarbonyl (C=S) groups is 1. The van der Waals surface area contributed by atoms with Crippen molar-refractivity contribution < 1.29 is 4.74 Å². The zero-order chi connectivity index (χ0) is 18.9. The molecular formula is C22H21N3OS. The van der Waals surface area contributed by atoms with Crippen molar-refractivity contribution >= 4 is 29.2 Å². The minimum Gasteiger partial charge on any atom is -0.495 e. The minimum atomic E-state index is 0.0361. The molecule has 27 heavy (non-hydrogen) atoms. The van der Waals surface area contributed by atoms with Gasteiger partial charge in [-0.15, -0.1) is 0 Å². The molecule has 0 spiro atoms. The summed E-state index contributed by atoms with van der Waals surface area (Å²) in [5.41, 5.74) is 6.00. The van der Waals surface area contributed by atoms with Crippen LogP contribution in [0, 0.1) is 0 Å². The third-order valence-corrected chi connectivity index (χ3v) is 4.26. The van der Waals surface area contributed by atoms with Gasteiger partial charge in [-0.3, -0.25) is 5.43 Å². The first-order valence-electron chi connectivity index (χ1n) is 8.61. The first-order valence-corrected chi connectivity index (χ1v) is 9.02. The lowest BCUT2D eigenvalue weighted by atomic mass is 9.92. The van der Waals surface area contributed by atoms with Gasteiger partial charge in [0, 0.05) is 12.1 Å². The maximum atomic E-state index is 5.34. The molecule has 0 aromatic heterocycles. The molecule has 0 aliphatic rings. The number of benzene rings is 3. The van der Waals surface area contributed by atoms with Crippen LogP contribution in [0.25, 0.3) is 0 Å². The van der Waals surface area contributed by atoms with Crippen molar-refractivity contribution in [1.29, 1.82) is 0 Å². The molecule has 0 aliphatic heterocycles. The van der Waals surface area contributed by atoms with E-state index in [2.05, 4.69) is 40.1 Å². The van der Waals surface area contributed by atoms with Crippen molar-refractivity contribution in [3.05, 3.63) is 96.1 Å². The quantitative estimate of drug-likeness (QED) is 0.369. The smallest absolute Gasteiger partial charge is 0.191 e. The maximum absolute atomic E-state index is 5.34. The van der Waals surface area contributed by atoms with Crippen LogP contribution in [0.15, 0.2) is 90.0 Å². The Kier molecular flexibility index (Phi) is 6.55. The van der Waals surface area contributed by atoms with Gasteiger partial charge in [-0.25, -0.2) is 0 Å². The normalized spacial score (nSPS) is 10.7. The van der Waals surface area contributed by atoms with Gasteiger partial charge in [0.25, 0.3) is 0 Å². The Morgan fingerprint density at radius 1 is 0.889 bits per heavy atom. The molecule has 0 bridgehead atoms. The summed E-state index contributed by atoms with van der Waals surface area (Å²) in [6.45, 7) is 0. The lowest BCUT2D eigenvalue weighted by molar-refractivity contribution is 0.417. The molecular weight excluding hydrogens is 354 g/mol. The summed E-state index contributed by atoms with van der Waals surface area (Å²) in [4.78, 5) is 0. The van der Waals surface area contributed by atoms with E-state index in [9.17, 15) is 0 Å². The fourth-order valence-electron chi connectivity index (χ4n) is 2.75. The fraction of sp³-hybridized carbons (Fsp3) is 0.0909. The predicted octanol–water partition coefficient (Wildman–Crippen LogP) is 4.80. The second-order valence-corrected chi connectivity index (χ2v) is 6.25. The number of methoxy groups -OCH3 is 1. The highest BCUT2D eigenvalue weighted by molar-refractivity contribution is 7.80. The SMILES string of the molecule is COc1ccccc1NC(=S)NN=CC(c1ccccc1)c1ccccc1. The number of nitrogens with zero attached hydrogens (tertiary/aromatic N) is 1. The van der Waals surface area contributed by atoms with E-state index in [1.165, 1.54) is 0 Å². The Labute approximate surface area is 164 Å². The van der Waals surface area contributed by atoms with E-state index < -0.39 is 0 Å². The molecule has 3 aromatic rings. The van der Waals surface area contributed by atoms with Gasteiger partial charge in [0.15, 0.2) is 5.11 Å². The molecule has 0 fully saturated rings. The zero-order valence-electron chi connectivity index (χ0n) is 15.0. The van der Waals surface area contributed by atoms with Crippen LogP contribution in [0.5, 0.6) is 5.75 Å².